The van der Waals surface area contributed by atoms with Crippen LogP contribution in [0.4, 0.5) is 5.69 Å². The summed E-state index contributed by atoms with van der Waals surface area (Å²) in [6, 6.07) is 14.1. The molecule has 1 heterocycles. The highest BCUT2D eigenvalue weighted by Crippen LogP contribution is 2.20. The zero-order valence-electron chi connectivity index (χ0n) is 12.5. The minimum atomic E-state index is -0.177. The third-order valence-electron chi connectivity index (χ3n) is 3.67. The predicted molar refractivity (Wildman–Crippen MR) is 93.0 cm³/mol. The van der Waals surface area contributed by atoms with Crippen LogP contribution in [0.2, 0.25) is 5.02 Å². The summed E-state index contributed by atoms with van der Waals surface area (Å²) in [5.41, 5.74) is 2.31. The van der Waals surface area contributed by atoms with Crippen molar-refractivity contribution in [1.29, 1.82) is 0 Å². The van der Waals surface area contributed by atoms with Gasteiger partial charge in [-0.15, -0.1) is 0 Å². The Bertz CT molecular complexity index is 947. The standard InChI is InChI=1S/C18H15ClN2O2/c1-12-6-7-13(19)10-15(12)20-18(23)11-21-9-8-17(22)14-4-2-3-5-16(14)21/h2-10H,11H2,1H3,(H,20,23). The molecule has 5 heteroatoms. The topological polar surface area (TPSA) is 51.1 Å². The molecule has 0 saturated heterocycles. The maximum absolute atomic E-state index is 12.3. The molecule has 0 bridgehead atoms. The van der Waals surface area contributed by atoms with Gasteiger partial charge in [-0.2, -0.15) is 0 Å². The zero-order chi connectivity index (χ0) is 16.4. The fraction of sp³-hybridized carbons (Fsp3) is 0.111. The van der Waals surface area contributed by atoms with Gasteiger partial charge in [-0.3, -0.25) is 9.59 Å². The van der Waals surface area contributed by atoms with Crippen LogP contribution in [-0.4, -0.2) is 10.5 Å². The third-order valence-corrected chi connectivity index (χ3v) is 3.91. The average molecular weight is 327 g/mol. The lowest BCUT2D eigenvalue weighted by Crippen LogP contribution is -2.20. The lowest BCUT2D eigenvalue weighted by atomic mass is 10.2. The number of carbonyl (C=O) groups excluding carboxylic acids is 1. The highest BCUT2D eigenvalue weighted by Gasteiger charge is 2.08. The van der Waals surface area contributed by atoms with Crippen molar-refractivity contribution in [2.75, 3.05) is 5.32 Å². The first-order valence-corrected chi connectivity index (χ1v) is 7.56. The van der Waals surface area contributed by atoms with Gasteiger partial charge in [0.15, 0.2) is 5.43 Å². The first-order chi connectivity index (χ1) is 11.0. The van der Waals surface area contributed by atoms with Crippen LogP contribution in [0.5, 0.6) is 0 Å². The van der Waals surface area contributed by atoms with E-state index >= 15 is 0 Å². The number of benzene rings is 2. The van der Waals surface area contributed by atoms with Crippen molar-refractivity contribution in [2.45, 2.75) is 13.5 Å². The van der Waals surface area contributed by atoms with Crippen LogP contribution in [-0.2, 0) is 11.3 Å². The molecular weight excluding hydrogens is 312 g/mol. The molecule has 0 unspecified atom stereocenters. The summed E-state index contributed by atoms with van der Waals surface area (Å²) in [5.74, 6) is -0.177. The zero-order valence-corrected chi connectivity index (χ0v) is 13.3. The Morgan fingerprint density at radius 1 is 1.17 bits per heavy atom. The second kappa shape index (κ2) is 6.26. The van der Waals surface area contributed by atoms with Gasteiger partial charge in [0, 0.05) is 28.4 Å². The Labute approximate surface area is 138 Å². The second-order valence-corrected chi connectivity index (χ2v) is 5.77. The van der Waals surface area contributed by atoms with E-state index in [0.717, 1.165) is 11.1 Å². The Hall–Kier alpha value is -2.59. The van der Waals surface area contributed by atoms with E-state index in [1.54, 1.807) is 29.0 Å². The number of hydrogen-bond donors (Lipinski definition) is 1. The summed E-state index contributed by atoms with van der Waals surface area (Å²) in [6.07, 6.45) is 1.63. The van der Waals surface area contributed by atoms with Gasteiger partial charge in [-0.05, 0) is 36.8 Å². The van der Waals surface area contributed by atoms with Gasteiger partial charge in [0.25, 0.3) is 0 Å². The quantitative estimate of drug-likeness (QED) is 0.799. The summed E-state index contributed by atoms with van der Waals surface area (Å²) >= 11 is 5.96. The van der Waals surface area contributed by atoms with Gasteiger partial charge in [0.1, 0.15) is 6.54 Å². The Morgan fingerprint density at radius 2 is 1.96 bits per heavy atom. The van der Waals surface area contributed by atoms with E-state index in [0.29, 0.717) is 16.1 Å². The van der Waals surface area contributed by atoms with E-state index in [-0.39, 0.29) is 17.9 Å². The lowest BCUT2D eigenvalue weighted by molar-refractivity contribution is -0.116. The molecule has 1 aromatic heterocycles. The minimum absolute atomic E-state index is 0.0528. The summed E-state index contributed by atoms with van der Waals surface area (Å²) in [6.45, 7) is 2.02. The molecule has 0 aliphatic carbocycles. The van der Waals surface area contributed by atoms with E-state index in [4.69, 9.17) is 11.6 Å². The summed E-state index contributed by atoms with van der Waals surface area (Å²) in [5, 5.41) is 4.02. The molecule has 4 nitrogen and oxygen atoms in total. The number of amides is 1. The van der Waals surface area contributed by atoms with Crippen LogP contribution in [0.1, 0.15) is 5.56 Å². The van der Waals surface area contributed by atoms with E-state index in [1.165, 1.54) is 6.07 Å². The normalized spacial score (nSPS) is 10.7. The third kappa shape index (κ3) is 3.27. The van der Waals surface area contributed by atoms with Crippen LogP contribution < -0.4 is 10.7 Å². The molecule has 0 aliphatic rings. The molecule has 0 fully saturated rings. The van der Waals surface area contributed by atoms with E-state index in [9.17, 15) is 9.59 Å². The van der Waals surface area contributed by atoms with Gasteiger partial charge in [-0.25, -0.2) is 0 Å². The molecular formula is C18H15ClN2O2. The molecule has 1 N–H and O–H groups in total. The minimum Gasteiger partial charge on any atom is -0.338 e. The maximum atomic E-state index is 12.3. The molecule has 23 heavy (non-hydrogen) atoms. The summed E-state index contributed by atoms with van der Waals surface area (Å²) < 4.78 is 1.76. The second-order valence-electron chi connectivity index (χ2n) is 5.33. The largest absolute Gasteiger partial charge is 0.338 e. The Balaban J connectivity index is 1.88. The number of anilines is 1. The van der Waals surface area contributed by atoms with Crippen molar-refractivity contribution in [2.24, 2.45) is 0 Å². The van der Waals surface area contributed by atoms with Crippen LogP contribution >= 0.6 is 11.6 Å². The fourth-order valence-electron chi connectivity index (χ4n) is 2.47. The van der Waals surface area contributed by atoms with Crippen molar-refractivity contribution in [1.82, 2.24) is 4.57 Å². The number of rotatable bonds is 3. The fourth-order valence-corrected chi connectivity index (χ4v) is 2.64. The van der Waals surface area contributed by atoms with Crippen LogP contribution in [0, 0.1) is 6.92 Å². The number of nitrogens with zero attached hydrogens (tertiary/aromatic N) is 1. The smallest absolute Gasteiger partial charge is 0.244 e. The molecule has 2 aromatic carbocycles. The average Bonchev–Trinajstić information content (AvgIpc) is 2.54. The monoisotopic (exact) mass is 326 g/mol. The van der Waals surface area contributed by atoms with Gasteiger partial charge in [-0.1, -0.05) is 29.8 Å². The molecule has 1 amide bonds. The maximum Gasteiger partial charge on any atom is 0.244 e. The van der Waals surface area contributed by atoms with Crippen molar-refractivity contribution in [3.05, 3.63) is 75.5 Å². The van der Waals surface area contributed by atoms with Crippen molar-refractivity contribution < 1.29 is 4.79 Å². The molecule has 0 radical (unpaired) electrons. The number of hydrogen-bond acceptors (Lipinski definition) is 2. The van der Waals surface area contributed by atoms with Crippen LogP contribution in [0.3, 0.4) is 0 Å². The number of carbonyl (C=O) groups is 1. The number of pyridine rings is 1. The van der Waals surface area contributed by atoms with Gasteiger partial charge >= 0.3 is 0 Å². The van der Waals surface area contributed by atoms with Crippen LogP contribution in [0.15, 0.2) is 59.5 Å². The first kappa shape index (κ1) is 15.3. The molecule has 0 spiro atoms. The summed E-state index contributed by atoms with van der Waals surface area (Å²) in [4.78, 5) is 24.2. The summed E-state index contributed by atoms with van der Waals surface area (Å²) in [7, 11) is 0. The van der Waals surface area contributed by atoms with Gasteiger partial charge in [0.05, 0.1) is 5.52 Å². The Kier molecular flexibility index (Phi) is 4.17. The highest BCUT2D eigenvalue weighted by atomic mass is 35.5. The molecule has 0 aliphatic heterocycles. The number of aromatic nitrogens is 1. The predicted octanol–water partition coefficient (Wildman–Crippen LogP) is 3.60. The number of fused-ring (bicyclic) bond motifs is 1. The lowest BCUT2D eigenvalue weighted by Gasteiger charge is -2.12. The first-order valence-electron chi connectivity index (χ1n) is 7.19. The Morgan fingerprint density at radius 3 is 2.78 bits per heavy atom. The number of nitrogens with one attached hydrogen (secondary N) is 1. The number of para-hydroxylation sites is 1. The number of halogens is 1. The van der Waals surface area contributed by atoms with E-state index < -0.39 is 0 Å². The molecule has 3 rings (SSSR count). The van der Waals surface area contributed by atoms with E-state index in [2.05, 4.69) is 5.32 Å². The van der Waals surface area contributed by atoms with Gasteiger partial charge < -0.3 is 9.88 Å². The van der Waals surface area contributed by atoms with Crippen molar-refractivity contribution in [3.63, 3.8) is 0 Å². The number of aryl methyl sites for hydroxylation is 1. The van der Waals surface area contributed by atoms with E-state index in [1.807, 2.05) is 31.2 Å². The molecule has 3 aromatic rings. The van der Waals surface area contributed by atoms with Crippen molar-refractivity contribution in [3.8, 4) is 0 Å². The SMILES string of the molecule is Cc1ccc(Cl)cc1NC(=O)Cn1ccc(=O)c2ccccc21. The molecule has 0 saturated carbocycles. The van der Waals surface area contributed by atoms with Crippen LogP contribution in [0.25, 0.3) is 10.9 Å². The van der Waals surface area contributed by atoms with Crippen molar-refractivity contribution >= 4 is 34.1 Å². The molecule has 116 valence electrons. The van der Waals surface area contributed by atoms with Gasteiger partial charge in [0.2, 0.25) is 5.91 Å². The highest BCUT2D eigenvalue weighted by molar-refractivity contribution is 6.31. The molecule has 0 atom stereocenters.